The molecule has 1 saturated heterocycles. The fourth-order valence-electron chi connectivity index (χ4n) is 3.33. The Hall–Kier alpha value is -2.14. The molecule has 0 aromatic carbocycles. The summed E-state index contributed by atoms with van der Waals surface area (Å²) in [6, 6.07) is 10.6. The maximum Gasteiger partial charge on any atom is 0.240 e. The molecule has 0 unspecified atom stereocenters. The fraction of sp³-hybridized carbons (Fsp3) is 0.368. The van der Waals surface area contributed by atoms with Gasteiger partial charge in [0.15, 0.2) is 0 Å². The minimum atomic E-state index is 0.289. The van der Waals surface area contributed by atoms with E-state index < -0.39 is 0 Å². The van der Waals surface area contributed by atoms with E-state index in [0.29, 0.717) is 24.0 Å². The van der Waals surface area contributed by atoms with Gasteiger partial charge in [-0.15, -0.1) is 22.7 Å². The molecular weight excluding hydrogens is 364 g/mol. The molecule has 0 radical (unpaired) electrons. The number of piperidine rings is 1. The maximum absolute atomic E-state index is 9.41. The standard InChI is InChI=1S/C19H20N4OS2/c20-12-14-18(24-19(22-14)17-7-5-11-26-17)21-13-15(16-6-4-10-25-16)23-8-2-1-3-9-23/h4-7,10-11,15,21H,1-3,8-9,13H2/t15-/m1/s1. The molecule has 0 bridgehead atoms. The molecule has 0 amide bonds. The third-order valence-corrected chi connectivity index (χ3v) is 6.46. The van der Waals surface area contributed by atoms with E-state index in [1.807, 2.05) is 17.5 Å². The SMILES string of the molecule is N#Cc1nc(-c2cccs2)oc1NC[C@H](c1cccs1)N1CCCCC1. The van der Waals surface area contributed by atoms with Crippen LogP contribution < -0.4 is 5.32 Å². The Bertz CT molecular complexity index is 858. The summed E-state index contributed by atoms with van der Waals surface area (Å²) in [6.45, 7) is 2.94. The van der Waals surface area contributed by atoms with Crippen molar-refractivity contribution in [2.45, 2.75) is 25.3 Å². The Morgan fingerprint density at radius 2 is 2.00 bits per heavy atom. The van der Waals surface area contributed by atoms with Crippen molar-refractivity contribution in [2.24, 2.45) is 0 Å². The van der Waals surface area contributed by atoms with Gasteiger partial charge in [0, 0.05) is 11.4 Å². The average Bonchev–Trinajstić information content (AvgIpc) is 3.44. The van der Waals surface area contributed by atoms with Crippen LogP contribution in [0.1, 0.15) is 35.9 Å². The van der Waals surface area contributed by atoms with Gasteiger partial charge in [-0.3, -0.25) is 4.90 Å². The van der Waals surface area contributed by atoms with Crippen LogP contribution in [0.5, 0.6) is 0 Å². The highest BCUT2D eigenvalue weighted by Gasteiger charge is 2.24. The normalized spacial score (nSPS) is 16.3. The zero-order valence-corrected chi connectivity index (χ0v) is 16.0. The van der Waals surface area contributed by atoms with Crippen molar-refractivity contribution in [1.82, 2.24) is 9.88 Å². The Balaban J connectivity index is 1.53. The summed E-state index contributed by atoms with van der Waals surface area (Å²) < 4.78 is 5.86. The number of oxazole rings is 1. The van der Waals surface area contributed by atoms with Crippen LogP contribution in [0.15, 0.2) is 39.4 Å². The summed E-state index contributed by atoms with van der Waals surface area (Å²) in [5.41, 5.74) is 0.317. The minimum Gasteiger partial charge on any atom is -0.418 e. The minimum absolute atomic E-state index is 0.289. The number of likely N-dealkylation sites (tertiary alicyclic amines) is 1. The van der Waals surface area contributed by atoms with Crippen molar-refractivity contribution in [3.05, 3.63) is 45.6 Å². The van der Waals surface area contributed by atoms with Crippen molar-refractivity contribution in [1.29, 1.82) is 5.26 Å². The highest BCUT2D eigenvalue weighted by molar-refractivity contribution is 7.13. The molecule has 4 heterocycles. The quantitative estimate of drug-likeness (QED) is 0.649. The predicted molar refractivity (Wildman–Crippen MR) is 106 cm³/mol. The summed E-state index contributed by atoms with van der Waals surface area (Å²) in [7, 11) is 0. The molecule has 5 nitrogen and oxygen atoms in total. The van der Waals surface area contributed by atoms with Crippen LogP contribution in [-0.4, -0.2) is 29.5 Å². The van der Waals surface area contributed by atoms with Gasteiger partial charge in [0.05, 0.1) is 10.9 Å². The molecule has 0 saturated carbocycles. The van der Waals surface area contributed by atoms with Gasteiger partial charge in [0.2, 0.25) is 17.5 Å². The van der Waals surface area contributed by atoms with E-state index in [2.05, 4.69) is 38.8 Å². The van der Waals surface area contributed by atoms with E-state index in [0.717, 1.165) is 18.0 Å². The molecule has 3 aromatic rings. The molecule has 3 aromatic heterocycles. The molecule has 1 fully saturated rings. The van der Waals surface area contributed by atoms with E-state index in [4.69, 9.17) is 4.42 Å². The lowest BCUT2D eigenvalue weighted by molar-refractivity contribution is 0.172. The van der Waals surface area contributed by atoms with Gasteiger partial charge in [-0.05, 0) is 48.8 Å². The van der Waals surface area contributed by atoms with Crippen molar-refractivity contribution >= 4 is 28.6 Å². The second-order valence-electron chi connectivity index (χ2n) is 6.29. The Labute approximate surface area is 160 Å². The van der Waals surface area contributed by atoms with Crippen LogP contribution in [0.3, 0.4) is 0 Å². The second kappa shape index (κ2) is 8.04. The number of rotatable bonds is 6. The van der Waals surface area contributed by atoms with Gasteiger partial charge in [0.1, 0.15) is 6.07 Å². The van der Waals surface area contributed by atoms with E-state index in [-0.39, 0.29) is 6.04 Å². The molecule has 7 heteroatoms. The number of anilines is 1. The summed E-state index contributed by atoms with van der Waals surface area (Å²) in [5, 5.41) is 16.9. The second-order valence-corrected chi connectivity index (χ2v) is 8.22. The lowest BCUT2D eigenvalue weighted by atomic mass is 10.1. The molecule has 0 aliphatic carbocycles. The molecule has 1 atom stereocenters. The van der Waals surface area contributed by atoms with Crippen LogP contribution in [0.2, 0.25) is 0 Å². The predicted octanol–water partition coefficient (Wildman–Crippen LogP) is 4.98. The third kappa shape index (κ3) is 3.68. The number of aromatic nitrogens is 1. The highest BCUT2D eigenvalue weighted by atomic mass is 32.1. The van der Waals surface area contributed by atoms with E-state index in [9.17, 15) is 5.26 Å². The van der Waals surface area contributed by atoms with Crippen molar-refractivity contribution in [3.8, 4) is 16.8 Å². The van der Waals surface area contributed by atoms with E-state index in [1.165, 1.54) is 24.1 Å². The van der Waals surface area contributed by atoms with E-state index >= 15 is 0 Å². The lowest BCUT2D eigenvalue weighted by Gasteiger charge is -2.34. The van der Waals surface area contributed by atoms with E-state index in [1.54, 1.807) is 22.7 Å². The van der Waals surface area contributed by atoms with Gasteiger partial charge in [-0.25, -0.2) is 0 Å². The van der Waals surface area contributed by atoms with Gasteiger partial charge >= 0.3 is 0 Å². The molecule has 26 heavy (non-hydrogen) atoms. The molecule has 0 spiro atoms. The van der Waals surface area contributed by atoms with Crippen LogP contribution in [-0.2, 0) is 0 Å². The van der Waals surface area contributed by atoms with Gasteiger partial charge in [0.25, 0.3) is 0 Å². The summed E-state index contributed by atoms with van der Waals surface area (Å²) >= 11 is 3.34. The first kappa shape index (κ1) is 17.3. The molecule has 4 rings (SSSR count). The first-order valence-electron chi connectivity index (χ1n) is 8.81. The summed E-state index contributed by atoms with van der Waals surface area (Å²) in [5.74, 6) is 0.971. The van der Waals surface area contributed by atoms with Gasteiger partial charge in [-0.1, -0.05) is 18.6 Å². The average molecular weight is 385 g/mol. The molecular formula is C19H20N4OS2. The molecule has 1 aliphatic rings. The van der Waals surface area contributed by atoms with Gasteiger partial charge < -0.3 is 9.73 Å². The van der Waals surface area contributed by atoms with Crippen LogP contribution in [0.4, 0.5) is 5.88 Å². The third-order valence-electron chi connectivity index (χ3n) is 4.62. The van der Waals surface area contributed by atoms with Crippen LogP contribution in [0, 0.1) is 11.3 Å². The van der Waals surface area contributed by atoms with Crippen molar-refractivity contribution < 1.29 is 4.42 Å². The number of hydrogen-bond donors (Lipinski definition) is 1. The summed E-state index contributed by atoms with van der Waals surface area (Å²) in [4.78, 5) is 9.14. The number of hydrogen-bond acceptors (Lipinski definition) is 7. The Morgan fingerprint density at radius 1 is 1.19 bits per heavy atom. The zero-order chi connectivity index (χ0) is 17.8. The number of nitriles is 1. The highest BCUT2D eigenvalue weighted by Crippen LogP contribution is 2.31. The van der Waals surface area contributed by atoms with Crippen molar-refractivity contribution in [2.75, 3.05) is 25.0 Å². The number of thiophene rings is 2. The first-order valence-corrected chi connectivity index (χ1v) is 10.6. The number of nitrogens with zero attached hydrogens (tertiary/aromatic N) is 3. The van der Waals surface area contributed by atoms with Crippen molar-refractivity contribution in [3.63, 3.8) is 0 Å². The topological polar surface area (TPSA) is 65.1 Å². The Kier molecular flexibility index (Phi) is 5.34. The fourth-order valence-corrected chi connectivity index (χ4v) is 4.84. The summed E-state index contributed by atoms with van der Waals surface area (Å²) in [6.07, 6.45) is 3.80. The molecule has 1 N–H and O–H groups in total. The zero-order valence-electron chi connectivity index (χ0n) is 14.4. The smallest absolute Gasteiger partial charge is 0.240 e. The lowest BCUT2D eigenvalue weighted by Crippen LogP contribution is -2.36. The monoisotopic (exact) mass is 384 g/mol. The van der Waals surface area contributed by atoms with Gasteiger partial charge in [-0.2, -0.15) is 10.2 Å². The molecule has 134 valence electrons. The maximum atomic E-state index is 9.41. The largest absolute Gasteiger partial charge is 0.418 e. The molecule has 1 aliphatic heterocycles. The number of nitrogens with one attached hydrogen (secondary N) is 1. The Morgan fingerprint density at radius 3 is 2.69 bits per heavy atom. The first-order chi connectivity index (χ1) is 12.8. The van der Waals surface area contributed by atoms with Crippen LogP contribution in [0.25, 0.3) is 10.8 Å². The van der Waals surface area contributed by atoms with Crippen LogP contribution >= 0.6 is 22.7 Å².